The molecule has 1 atom stereocenters. The zero-order valence-electron chi connectivity index (χ0n) is 18.4. The van der Waals surface area contributed by atoms with Crippen molar-refractivity contribution in [1.82, 2.24) is 14.5 Å². The predicted octanol–water partition coefficient (Wildman–Crippen LogP) is 4.93. The minimum absolute atomic E-state index is 0.0209. The Morgan fingerprint density at radius 2 is 1.56 bits per heavy atom. The quantitative estimate of drug-likeness (QED) is 0.422. The molecule has 0 saturated heterocycles. The first-order valence-corrected chi connectivity index (χ1v) is 11.0. The Morgan fingerprint density at radius 1 is 0.938 bits per heavy atom. The molecule has 0 N–H and O–H groups in total. The molecule has 5 heteroatoms. The lowest BCUT2D eigenvalue weighted by Crippen LogP contribution is -2.38. The largest absolute Gasteiger partial charge is 0.332 e. The second kappa shape index (κ2) is 9.60. The molecule has 3 aromatic carbocycles. The highest BCUT2D eigenvalue weighted by Crippen LogP contribution is 2.24. The highest BCUT2D eigenvalue weighted by molar-refractivity contribution is 5.80. The first kappa shape index (κ1) is 21.5. The molecule has 0 spiro atoms. The molecule has 0 fully saturated rings. The van der Waals surface area contributed by atoms with Crippen LogP contribution in [0.15, 0.2) is 89.7 Å². The number of carbonyl (C=O) groups excluding carboxylic acids is 1. The number of para-hydroxylation sites is 2. The zero-order valence-corrected chi connectivity index (χ0v) is 18.4. The molecule has 4 rings (SSSR count). The standard InChI is InChI=1S/C27H27N3O2/c1-3-18-29(25(31)19-21-12-6-4-7-13-21)20(2)26-28-24-17-11-10-16-23(24)27(32)30(26)22-14-8-5-9-15-22/h4-17,20H,3,18-19H2,1-2H3. The number of benzene rings is 3. The summed E-state index contributed by atoms with van der Waals surface area (Å²) in [6, 6.07) is 26.2. The maximum absolute atomic E-state index is 13.5. The van der Waals surface area contributed by atoms with Gasteiger partial charge in [0.15, 0.2) is 0 Å². The number of aromatic nitrogens is 2. The lowest BCUT2D eigenvalue weighted by Gasteiger charge is -2.30. The van der Waals surface area contributed by atoms with Crippen molar-refractivity contribution in [1.29, 1.82) is 0 Å². The van der Waals surface area contributed by atoms with Crippen LogP contribution in [0, 0.1) is 0 Å². The Kier molecular flexibility index (Phi) is 6.45. The smallest absolute Gasteiger partial charge is 0.266 e. The summed E-state index contributed by atoms with van der Waals surface area (Å²) in [4.78, 5) is 33.5. The van der Waals surface area contributed by atoms with Gasteiger partial charge in [-0.15, -0.1) is 0 Å². The fourth-order valence-electron chi connectivity index (χ4n) is 4.04. The van der Waals surface area contributed by atoms with Gasteiger partial charge in [-0.25, -0.2) is 4.98 Å². The van der Waals surface area contributed by atoms with Gasteiger partial charge in [0.05, 0.1) is 29.1 Å². The second-order valence-electron chi connectivity index (χ2n) is 7.89. The summed E-state index contributed by atoms with van der Waals surface area (Å²) in [5.74, 6) is 0.585. The molecule has 4 aromatic rings. The molecule has 1 amide bonds. The van der Waals surface area contributed by atoms with Crippen LogP contribution in [0.1, 0.15) is 37.7 Å². The number of amides is 1. The van der Waals surface area contributed by atoms with Crippen LogP contribution < -0.4 is 5.56 Å². The number of carbonyl (C=O) groups is 1. The number of rotatable bonds is 7. The van der Waals surface area contributed by atoms with Crippen LogP contribution in [0.25, 0.3) is 16.6 Å². The summed E-state index contributed by atoms with van der Waals surface area (Å²) in [5, 5.41) is 0.560. The molecule has 1 unspecified atom stereocenters. The van der Waals surface area contributed by atoms with Crippen LogP contribution in [0.5, 0.6) is 0 Å². The van der Waals surface area contributed by atoms with Gasteiger partial charge in [0.25, 0.3) is 5.56 Å². The molecule has 1 heterocycles. The Morgan fingerprint density at radius 3 is 2.25 bits per heavy atom. The fourth-order valence-corrected chi connectivity index (χ4v) is 4.04. The molecule has 0 bridgehead atoms. The van der Waals surface area contributed by atoms with E-state index in [4.69, 9.17) is 4.98 Å². The summed E-state index contributed by atoms with van der Waals surface area (Å²) in [5.41, 5.74) is 2.22. The van der Waals surface area contributed by atoms with Gasteiger partial charge in [-0.1, -0.05) is 67.6 Å². The van der Waals surface area contributed by atoms with E-state index in [1.165, 1.54) is 0 Å². The summed E-state index contributed by atoms with van der Waals surface area (Å²) in [7, 11) is 0. The zero-order chi connectivity index (χ0) is 22.5. The number of nitrogens with zero attached hydrogens (tertiary/aromatic N) is 3. The SMILES string of the molecule is CCCN(C(=O)Cc1ccccc1)C(C)c1nc2ccccc2c(=O)n1-c1ccccc1. The van der Waals surface area contributed by atoms with Gasteiger partial charge in [0, 0.05) is 6.54 Å². The van der Waals surface area contributed by atoms with Gasteiger partial charge >= 0.3 is 0 Å². The average molecular weight is 426 g/mol. The minimum Gasteiger partial charge on any atom is -0.332 e. The van der Waals surface area contributed by atoms with Gasteiger partial charge in [0.2, 0.25) is 5.91 Å². The number of fused-ring (bicyclic) bond motifs is 1. The normalized spacial score (nSPS) is 11.9. The third-order valence-corrected chi connectivity index (χ3v) is 5.64. The third kappa shape index (κ3) is 4.33. The summed E-state index contributed by atoms with van der Waals surface area (Å²) in [6.07, 6.45) is 1.13. The van der Waals surface area contributed by atoms with E-state index in [9.17, 15) is 9.59 Å². The van der Waals surface area contributed by atoms with Crippen molar-refractivity contribution in [3.8, 4) is 5.69 Å². The van der Waals surface area contributed by atoms with Crippen LogP contribution in [-0.2, 0) is 11.2 Å². The first-order chi connectivity index (χ1) is 15.6. The van der Waals surface area contributed by atoms with Gasteiger partial charge in [-0.3, -0.25) is 14.2 Å². The molecular formula is C27H27N3O2. The van der Waals surface area contributed by atoms with E-state index >= 15 is 0 Å². The van der Waals surface area contributed by atoms with Crippen LogP contribution in [-0.4, -0.2) is 26.9 Å². The lowest BCUT2D eigenvalue weighted by atomic mass is 10.1. The Hall–Kier alpha value is -3.73. The summed E-state index contributed by atoms with van der Waals surface area (Å²) < 4.78 is 1.64. The average Bonchev–Trinajstić information content (AvgIpc) is 2.83. The molecule has 0 aliphatic heterocycles. The van der Waals surface area contributed by atoms with Crippen LogP contribution in [0.4, 0.5) is 0 Å². The number of hydrogen-bond acceptors (Lipinski definition) is 3. The molecule has 1 aromatic heterocycles. The van der Waals surface area contributed by atoms with Gasteiger partial charge in [0.1, 0.15) is 5.82 Å². The fraction of sp³-hybridized carbons (Fsp3) is 0.222. The number of hydrogen-bond donors (Lipinski definition) is 0. The van der Waals surface area contributed by atoms with Gasteiger partial charge in [-0.05, 0) is 43.2 Å². The van der Waals surface area contributed by atoms with E-state index in [1.54, 1.807) is 10.6 Å². The van der Waals surface area contributed by atoms with Crippen LogP contribution in [0.2, 0.25) is 0 Å². The van der Waals surface area contributed by atoms with Crippen LogP contribution in [0.3, 0.4) is 0 Å². The molecular weight excluding hydrogens is 398 g/mol. The summed E-state index contributed by atoms with van der Waals surface area (Å²) in [6.45, 7) is 4.59. The molecule has 0 aliphatic carbocycles. The van der Waals surface area contributed by atoms with Crippen molar-refractivity contribution in [2.24, 2.45) is 0 Å². The summed E-state index contributed by atoms with van der Waals surface area (Å²) >= 11 is 0. The topological polar surface area (TPSA) is 55.2 Å². The Balaban J connectivity index is 1.82. The van der Waals surface area contributed by atoms with Crippen molar-refractivity contribution < 1.29 is 4.79 Å². The molecule has 162 valence electrons. The van der Waals surface area contributed by atoms with E-state index < -0.39 is 0 Å². The molecule has 0 aliphatic rings. The minimum atomic E-state index is -0.372. The Labute approximate surface area is 188 Å². The Bertz CT molecular complexity index is 1270. The van der Waals surface area contributed by atoms with Crippen molar-refractivity contribution >= 4 is 16.8 Å². The molecule has 32 heavy (non-hydrogen) atoms. The predicted molar refractivity (Wildman–Crippen MR) is 128 cm³/mol. The monoisotopic (exact) mass is 425 g/mol. The van der Waals surface area contributed by atoms with Crippen molar-refractivity contribution in [2.45, 2.75) is 32.7 Å². The van der Waals surface area contributed by atoms with E-state index in [0.29, 0.717) is 29.7 Å². The van der Waals surface area contributed by atoms with Crippen molar-refractivity contribution in [3.05, 3.63) is 107 Å². The maximum atomic E-state index is 13.5. The maximum Gasteiger partial charge on any atom is 0.266 e. The van der Waals surface area contributed by atoms with E-state index in [2.05, 4.69) is 0 Å². The lowest BCUT2D eigenvalue weighted by molar-refractivity contribution is -0.132. The second-order valence-corrected chi connectivity index (χ2v) is 7.89. The first-order valence-electron chi connectivity index (χ1n) is 11.0. The molecule has 5 nitrogen and oxygen atoms in total. The van der Waals surface area contributed by atoms with Crippen molar-refractivity contribution in [2.75, 3.05) is 6.54 Å². The van der Waals surface area contributed by atoms with Crippen LogP contribution >= 0.6 is 0 Å². The van der Waals surface area contributed by atoms with E-state index in [1.807, 2.05) is 97.6 Å². The molecule has 0 saturated carbocycles. The molecule has 0 radical (unpaired) electrons. The van der Waals surface area contributed by atoms with E-state index in [0.717, 1.165) is 17.7 Å². The highest BCUT2D eigenvalue weighted by Gasteiger charge is 2.26. The van der Waals surface area contributed by atoms with Gasteiger partial charge in [-0.2, -0.15) is 0 Å². The highest BCUT2D eigenvalue weighted by atomic mass is 16.2. The van der Waals surface area contributed by atoms with Gasteiger partial charge < -0.3 is 4.90 Å². The van der Waals surface area contributed by atoms with E-state index in [-0.39, 0.29) is 17.5 Å². The third-order valence-electron chi connectivity index (χ3n) is 5.64. The van der Waals surface area contributed by atoms with Crippen molar-refractivity contribution in [3.63, 3.8) is 0 Å².